The zero-order valence-corrected chi connectivity index (χ0v) is 12.6. The number of rotatable bonds is 4. The van der Waals surface area contributed by atoms with E-state index in [1.807, 2.05) is 6.92 Å². The molecule has 20 heavy (non-hydrogen) atoms. The molecule has 114 valence electrons. The second-order valence-corrected chi connectivity index (χ2v) is 6.02. The lowest BCUT2D eigenvalue weighted by Crippen LogP contribution is -2.51. The Labute approximate surface area is 121 Å². The Hall–Kier alpha value is -1.10. The molecule has 1 unspecified atom stereocenters. The first-order chi connectivity index (χ1) is 9.61. The topological polar surface area (TPSA) is 58.6 Å². The van der Waals surface area contributed by atoms with E-state index in [1.54, 1.807) is 0 Å². The highest BCUT2D eigenvalue weighted by Crippen LogP contribution is 2.21. The van der Waals surface area contributed by atoms with Gasteiger partial charge >= 0.3 is 5.97 Å². The maximum atomic E-state index is 12.3. The standard InChI is InChI=1S/C15H26N2O3/c1-11(14(18)16-13-7-3-4-8-13)17-9-5-6-12(10-17)15(19)20-2/h11-13H,3-10H2,1-2H3,(H,16,18)/t11?,12-/m0/s1. The lowest BCUT2D eigenvalue weighted by Gasteiger charge is -2.35. The molecule has 0 aromatic heterocycles. The number of likely N-dealkylation sites (tertiary alicyclic amines) is 1. The predicted molar refractivity (Wildman–Crippen MR) is 76.2 cm³/mol. The van der Waals surface area contributed by atoms with E-state index in [-0.39, 0.29) is 23.8 Å². The highest BCUT2D eigenvalue weighted by Gasteiger charge is 2.32. The largest absolute Gasteiger partial charge is 0.469 e. The van der Waals surface area contributed by atoms with Crippen molar-refractivity contribution in [2.75, 3.05) is 20.2 Å². The number of nitrogens with zero attached hydrogens (tertiary/aromatic N) is 1. The van der Waals surface area contributed by atoms with Crippen molar-refractivity contribution >= 4 is 11.9 Å². The Balaban J connectivity index is 1.85. The number of esters is 1. The summed E-state index contributed by atoms with van der Waals surface area (Å²) in [5, 5.41) is 3.14. The molecule has 0 radical (unpaired) electrons. The summed E-state index contributed by atoms with van der Waals surface area (Å²) in [7, 11) is 1.43. The van der Waals surface area contributed by atoms with Gasteiger partial charge in [0.2, 0.25) is 5.91 Å². The van der Waals surface area contributed by atoms with Crippen LogP contribution in [0.1, 0.15) is 45.4 Å². The van der Waals surface area contributed by atoms with Gasteiger partial charge in [0.15, 0.2) is 0 Å². The van der Waals surface area contributed by atoms with Crippen molar-refractivity contribution in [3.8, 4) is 0 Å². The van der Waals surface area contributed by atoms with Gasteiger partial charge in [-0.3, -0.25) is 14.5 Å². The molecule has 1 saturated carbocycles. The minimum atomic E-state index is -0.164. The van der Waals surface area contributed by atoms with E-state index in [1.165, 1.54) is 20.0 Å². The van der Waals surface area contributed by atoms with Gasteiger partial charge in [-0.1, -0.05) is 12.8 Å². The fourth-order valence-corrected chi connectivity index (χ4v) is 3.28. The Morgan fingerprint density at radius 1 is 1.20 bits per heavy atom. The van der Waals surface area contributed by atoms with Crippen LogP contribution in [0.25, 0.3) is 0 Å². The maximum Gasteiger partial charge on any atom is 0.309 e. The van der Waals surface area contributed by atoms with E-state index >= 15 is 0 Å². The normalized spacial score (nSPS) is 26.2. The molecular weight excluding hydrogens is 256 g/mol. The quantitative estimate of drug-likeness (QED) is 0.790. The first-order valence-corrected chi connectivity index (χ1v) is 7.74. The molecule has 2 atom stereocenters. The zero-order valence-electron chi connectivity index (χ0n) is 12.6. The highest BCUT2D eigenvalue weighted by molar-refractivity contribution is 5.81. The summed E-state index contributed by atoms with van der Waals surface area (Å²) >= 11 is 0. The molecule has 1 aliphatic carbocycles. The summed E-state index contributed by atoms with van der Waals surface area (Å²) in [6.45, 7) is 3.45. The van der Waals surface area contributed by atoms with Gasteiger partial charge in [-0.2, -0.15) is 0 Å². The average Bonchev–Trinajstić information content (AvgIpc) is 2.98. The second-order valence-electron chi connectivity index (χ2n) is 6.02. The molecule has 1 N–H and O–H groups in total. The number of ether oxygens (including phenoxy) is 1. The van der Waals surface area contributed by atoms with Crippen LogP contribution in [0, 0.1) is 5.92 Å². The summed E-state index contributed by atoms with van der Waals surface area (Å²) in [6, 6.07) is 0.189. The molecule has 1 amide bonds. The van der Waals surface area contributed by atoms with E-state index in [4.69, 9.17) is 4.74 Å². The number of hydrogen-bond donors (Lipinski definition) is 1. The first-order valence-electron chi connectivity index (χ1n) is 7.74. The Morgan fingerprint density at radius 3 is 2.55 bits per heavy atom. The van der Waals surface area contributed by atoms with Gasteiger partial charge in [0.25, 0.3) is 0 Å². The van der Waals surface area contributed by atoms with Gasteiger partial charge in [-0.25, -0.2) is 0 Å². The van der Waals surface area contributed by atoms with Crippen LogP contribution in [-0.4, -0.2) is 49.1 Å². The number of amides is 1. The minimum Gasteiger partial charge on any atom is -0.469 e. The second kappa shape index (κ2) is 7.07. The van der Waals surface area contributed by atoms with Crippen molar-refractivity contribution in [2.24, 2.45) is 5.92 Å². The van der Waals surface area contributed by atoms with Crippen molar-refractivity contribution < 1.29 is 14.3 Å². The predicted octanol–water partition coefficient (Wildman–Crippen LogP) is 1.32. The van der Waals surface area contributed by atoms with Crippen LogP contribution in [0.3, 0.4) is 0 Å². The lowest BCUT2D eigenvalue weighted by molar-refractivity contribution is -0.148. The Bertz CT molecular complexity index is 353. The summed E-state index contributed by atoms with van der Waals surface area (Å²) in [6.07, 6.45) is 6.44. The van der Waals surface area contributed by atoms with Gasteiger partial charge in [-0.15, -0.1) is 0 Å². The van der Waals surface area contributed by atoms with Gasteiger partial charge in [-0.05, 0) is 39.2 Å². The monoisotopic (exact) mass is 282 g/mol. The molecule has 2 fully saturated rings. The molecule has 2 rings (SSSR count). The van der Waals surface area contributed by atoms with Crippen LogP contribution < -0.4 is 5.32 Å². The van der Waals surface area contributed by atoms with E-state index in [9.17, 15) is 9.59 Å². The number of carbonyl (C=O) groups excluding carboxylic acids is 2. The van der Waals surface area contributed by atoms with Crippen molar-refractivity contribution in [1.29, 1.82) is 0 Å². The van der Waals surface area contributed by atoms with E-state index in [0.717, 1.165) is 32.2 Å². The molecule has 0 aromatic rings. The number of carbonyl (C=O) groups is 2. The van der Waals surface area contributed by atoms with Crippen LogP contribution >= 0.6 is 0 Å². The van der Waals surface area contributed by atoms with Crippen LogP contribution in [-0.2, 0) is 14.3 Å². The fraction of sp³-hybridized carbons (Fsp3) is 0.867. The summed E-state index contributed by atoms with van der Waals surface area (Å²) in [4.78, 5) is 26.0. The number of piperidine rings is 1. The van der Waals surface area contributed by atoms with Gasteiger partial charge in [0, 0.05) is 12.6 Å². The van der Waals surface area contributed by atoms with Crippen molar-refractivity contribution in [1.82, 2.24) is 10.2 Å². The molecule has 5 heteroatoms. The molecule has 0 bridgehead atoms. The SMILES string of the molecule is COC(=O)[C@H]1CCCN(C(C)C(=O)NC2CCCC2)C1. The van der Waals surface area contributed by atoms with Crippen molar-refractivity contribution in [3.05, 3.63) is 0 Å². The van der Waals surface area contributed by atoms with Crippen molar-refractivity contribution in [2.45, 2.75) is 57.5 Å². The molecule has 1 saturated heterocycles. The third kappa shape index (κ3) is 3.72. The summed E-state index contributed by atoms with van der Waals surface area (Å²) < 4.78 is 4.82. The number of hydrogen-bond acceptors (Lipinski definition) is 4. The third-order valence-electron chi connectivity index (χ3n) is 4.62. The molecular formula is C15H26N2O3. The zero-order chi connectivity index (χ0) is 14.5. The van der Waals surface area contributed by atoms with Gasteiger partial charge in [0.05, 0.1) is 19.1 Å². The molecule has 0 spiro atoms. The third-order valence-corrected chi connectivity index (χ3v) is 4.62. The smallest absolute Gasteiger partial charge is 0.309 e. The van der Waals surface area contributed by atoms with Crippen LogP contribution in [0.15, 0.2) is 0 Å². The van der Waals surface area contributed by atoms with E-state index in [0.29, 0.717) is 12.6 Å². The molecule has 5 nitrogen and oxygen atoms in total. The first kappa shape index (κ1) is 15.3. The average molecular weight is 282 g/mol. The molecule has 1 aliphatic heterocycles. The van der Waals surface area contributed by atoms with Crippen LogP contribution in [0.2, 0.25) is 0 Å². The minimum absolute atomic E-state index is 0.0875. The Kier molecular flexibility index (Phi) is 5.40. The van der Waals surface area contributed by atoms with Gasteiger partial charge < -0.3 is 10.1 Å². The maximum absolute atomic E-state index is 12.3. The number of nitrogens with one attached hydrogen (secondary N) is 1. The molecule has 0 aromatic carbocycles. The number of methoxy groups -OCH3 is 1. The summed E-state index contributed by atoms with van der Waals surface area (Å²) in [5.41, 5.74) is 0. The highest BCUT2D eigenvalue weighted by atomic mass is 16.5. The lowest BCUT2D eigenvalue weighted by atomic mass is 9.97. The molecule has 2 aliphatic rings. The molecule has 1 heterocycles. The van der Waals surface area contributed by atoms with Gasteiger partial charge in [0.1, 0.15) is 0 Å². The fourth-order valence-electron chi connectivity index (χ4n) is 3.28. The Morgan fingerprint density at radius 2 is 1.90 bits per heavy atom. The van der Waals surface area contributed by atoms with E-state index in [2.05, 4.69) is 10.2 Å². The van der Waals surface area contributed by atoms with Crippen LogP contribution in [0.5, 0.6) is 0 Å². The van der Waals surface area contributed by atoms with E-state index < -0.39 is 0 Å². The van der Waals surface area contributed by atoms with Crippen LogP contribution in [0.4, 0.5) is 0 Å². The van der Waals surface area contributed by atoms with Crippen molar-refractivity contribution in [3.63, 3.8) is 0 Å². The summed E-state index contributed by atoms with van der Waals surface area (Å²) in [5.74, 6) is -0.143.